The van der Waals surface area contributed by atoms with Gasteiger partial charge in [0.1, 0.15) is 0 Å². The quantitative estimate of drug-likeness (QED) is 0.555. The van der Waals surface area contributed by atoms with Crippen LogP contribution >= 0.6 is 23.2 Å². The molecule has 0 bridgehead atoms. The number of hydrogen-bond donors (Lipinski definition) is 0. The van der Waals surface area contributed by atoms with Crippen LogP contribution in [0.4, 0.5) is 0 Å². The molecule has 2 aliphatic heterocycles. The number of ether oxygens (including phenoxy) is 2. The molecule has 0 aliphatic carbocycles. The number of halogens is 2. The minimum atomic E-state index is -0.705. The van der Waals surface area contributed by atoms with E-state index in [9.17, 15) is 0 Å². The molecule has 0 aromatic heterocycles. The zero-order valence-electron chi connectivity index (χ0n) is 16.7. The molecule has 2 aromatic carbocycles. The summed E-state index contributed by atoms with van der Waals surface area (Å²) in [5.41, 5.74) is 1.35. The maximum absolute atomic E-state index is 6.86. The van der Waals surface area contributed by atoms with Crippen LogP contribution in [-0.4, -0.2) is 37.2 Å². The van der Waals surface area contributed by atoms with Crippen LogP contribution < -0.4 is 0 Å². The molecule has 3 nitrogen and oxygen atoms in total. The van der Waals surface area contributed by atoms with Crippen molar-refractivity contribution in [2.45, 2.75) is 37.8 Å². The summed E-state index contributed by atoms with van der Waals surface area (Å²) in [6.45, 7) is 5.40. The Balaban J connectivity index is 1.87. The summed E-state index contributed by atoms with van der Waals surface area (Å²) in [5.74, 6) is 1.04. The zero-order valence-corrected chi connectivity index (χ0v) is 18.3. The first kappa shape index (κ1) is 20.7. The summed E-state index contributed by atoms with van der Waals surface area (Å²) < 4.78 is 12.5. The van der Waals surface area contributed by atoms with Gasteiger partial charge in [0.15, 0.2) is 5.60 Å². The summed E-state index contributed by atoms with van der Waals surface area (Å²) in [7, 11) is 0. The Labute approximate surface area is 183 Å². The van der Waals surface area contributed by atoms with Crippen molar-refractivity contribution in [2.75, 3.05) is 26.3 Å². The number of hydrogen-bond acceptors (Lipinski definition) is 3. The average molecular weight is 432 g/mol. The van der Waals surface area contributed by atoms with Crippen LogP contribution in [0.2, 0.25) is 10.0 Å². The molecule has 1 fully saturated rings. The Morgan fingerprint density at radius 2 is 1.83 bits per heavy atom. The Bertz CT molecular complexity index is 864. The third-order valence-electron chi connectivity index (χ3n) is 5.80. The molecule has 2 heterocycles. The number of morpholine rings is 1. The van der Waals surface area contributed by atoms with Crippen LogP contribution in [-0.2, 0) is 15.1 Å². The SMILES string of the molecule is CCCCC1=CC(N2CCOCC2)C(c2ccccc2)(c2ccc(Cl)cc2Cl)O1. The molecule has 0 saturated carbocycles. The van der Waals surface area contributed by atoms with Gasteiger partial charge in [-0.05, 0) is 24.6 Å². The van der Waals surface area contributed by atoms with Crippen LogP contribution in [0.25, 0.3) is 0 Å². The van der Waals surface area contributed by atoms with Crippen molar-refractivity contribution in [3.05, 3.63) is 81.5 Å². The van der Waals surface area contributed by atoms with Gasteiger partial charge in [-0.15, -0.1) is 0 Å². The van der Waals surface area contributed by atoms with E-state index in [1.165, 1.54) is 0 Å². The highest BCUT2D eigenvalue weighted by Gasteiger charge is 2.51. The van der Waals surface area contributed by atoms with E-state index in [-0.39, 0.29) is 6.04 Å². The van der Waals surface area contributed by atoms with Gasteiger partial charge in [-0.3, -0.25) is 4.90 Å². The first-order valence-corrected chi connectivity index (χ1v) is 11.1. The molecule has 154 valence electrons. The Morgan fingerprint density at radius 3 is 2.52 bits per heavy atom. The fourth-order valence-electron chi connectivity index (χ4n) is 4.37. The summed E-state index contributed by atoms with van der Waals surface area (Å²) in [5, 5.41) is 1.26. The van der Waals surface area contributed by atoms with Gasteiger partial charge in [0.2, 0.25) is 0 Å². The predicted molar refractivity (Wildman–Crippen MR) is 119 cm³/mol. The predicted octanol–water partition coefficient (Wildman–Crippen LogP) is 6.04. The maximum atomic E-state index is 6.86. The second-order valence-corrected chi connectivity index (χ2v) is 8.50. The first-order valence-electron chi connectivity index (χ1n) is 10.4. The molecule has 0 radical (unpaired) electrons. The third kappa shape index (κ3) is 4.06. The lowest BCUT2D eigenvalue weighted by Crippen LogP contribution is -2.52. The van der Waals surface area contributed by atoms with Gasteiger partial charge in [0.25, 0.3) is 0 Å². The van der Waals surface area contributed by atoms with E-state index >= 15 is 0 Å². The lowest BCUT2D eigenvalue weighted by molar-refractivity contribution is -0.0401. The zero-order chi connectivity index (χ0) is 20.3. The summed E-state index contributed by atoms with van der Waals surface area (Å²) >= 11 is 13.0. The molecule has 2 aromatic rings. The van der Waals surface area contributed by atoms with Crippen LogP contribution in [0.5, 0.6) is 0 Å². The lowest BCUT2D eigenvalue weighted by Gasteiger charge is -2.43. The Hall–Kier alpha value is -1.52. The van der Waals surface area contributed by atoms with Crippen molar-refractivity contribution in [1.29, 1.82) is 0 Å². The highest BCUT2D eigenvalue weighted by molar-refractivity contribution is 6.35. The molecule has 29 heavy (non-hydrogen) atoms. The number of nitrogens with zero attached hydrogens (tertiary/aromatic N) is 1. The van der Waals surface area contributed by atoms with Gasteiger partial charge in [0, 0.05) is 40.7 Å². The van der Waals surface area contributed by atoms with Crippen LogP contribution in [0.1, 0.15) is 37.3 Å². The molecule has 5 heteroatoms. The van der Waals surface area contributed by atoms with E-state index in [0.29, 0.717) is 10.0 Å². The van der Waals surface area contributed by atoms with Crippen LogP contribution in [0.3, 0.4) is 0 Å². The molecule has 2 atom stereocenters. The Morgan fingerprint density at radius 1 is 1.07 bits per heavy atom. The highest BCUT2D eigenvalue weighted by atomic mass is 35.5. The maximum Gasteiger partial charge on any atom is 0.179 e. The molecule has 0 amide bonds. The molecule has 2 unspecified atom stereocenters. The molecule has 2 aliphatic rings. The van der Waals surface area contributed by atoms with Crippen LogP contribution in [0.15, 0.2) is 60.4 Å². The number of allylic oxidation sites excluding steroid dienone is 1. The fourth-order valence-corrected chi connectivity index (χ4v) is 4.92. The van der Waals surface area contributed by atoms with E-state index in [2.05, 4.69) is 42.2 Å². The van der Waals surface area contributed by atoms with Crippen molar-refractivity contribution in [3.8, 4) is 0 Å². The number of rotatable bonds is 6. The first-order chi connectivity index (χ1) is 14.1. The second kappa shape index (κ2) is 9.09. The van der Waals surface area contributed by atoms with Gasteiger partial charge in [-0.25, -0.2) is 0 Å². The van der Waals surface area contributed by atoms with E-state index in [4.69, 9.17) is 32.7 Å². The fraction of sp³-hybridized carbons (Fsp3) is 0.417. The van der Waals surface area contributed by atoms with Crippen molar-refractivity contribution in [3.63, 3.8) is 0 Å². The summed E-state index contributed by atoms with van der Waals surface area (Å²) in [6, 6.07) is 16.2. The molecule has 1 saturated heterocycles. The summed E-state index contributed by atoms with van der Waals surface area (Å²) in [6.07, 6.45) is 5.46. The number of benzene rings is 2. The van der Waals surface area contributed by atoms with E-state index in [1.807, 2.05) is 24.3 Å². The van der Waals surface area contributed by atoms with Gasteiger partial charge in [0.05, 0.1) is 25.0 Å². The standard InChI is InChI=1S/C24H27Cl2NO2/c1-2-3-9-20-17-23(27-12-14-28-15-13-27)24(29-20,18-7-5-4-6-8-18)21-11-10-19(25)16-22(21)26/h4-8,10-11,16-17,23H,2-3,9,12-15H2,1H3. The van der Waals surface area contributed by atoms with Gasteiger partial charge in [-0.1, -0.05) is 72.9 Å². The Kier molecular flexibility index (Phi) is 6.50. The normalized spacial score (nSPS) is 24.9. The average Bonchev–Trinajstić information content (AvgIpc) is 3.14. The van der Waals surface area contributed by atoms with E-state index in [1.54, 1.807) is 0 Å². The molecular formula is C24H27Cl2NO2. The van der Waals surface area contributed by atoms with Crippen molar-refractivity contribution < 1.29 is 9.47 Å². The second-order valence-electron chi connectivity index (χ2n) is 7.66. The monoisotopic (exact) mass is 431 g/mol. The van der Waals surface area contributed by atoms with Gasteiger partial charge < -0.3 is 9.47 Å². The van der Waals surface area contributed by atoms with E-state index < -0.39 is 5.60 Å². The minimum Gasteiger partial charge on any atom is -0.480 e. The lowest BCUT2D eigenvalue weighted by atomic mass is 9.79. The summed E-state index contributed by atoms with van der Waals surface area (Å²) in [4.78, 5) is 2.46. The topological polar surface area (TPSA) is 21.7 Å². The minimum absolute atomic E-state index is 0.0410. The van der Waals surface area contributed by atoms with Gasteiger partial charge in [-0.2, -0.15) is 0 Å². The molecule has 0 spiro atoms. The van der Waals surface area contributed by atoms with Gasteiger partial charge >= 0.3 is 0 Å². The smallest absolute Gasteiger partial charge is 0.179 e. The van der Waals surface area contributed by atoms with E-state index in [0.717, 1.165) is 62.5 Å². The third-order valence-corrected chi connectivity index (χ3v) is 6.35. The number of unbranched alkanes of at least 4 members (excludes halogenated alkanes) is 1. The molecular weight excluding hydrogens is 405 g/mol. The van der Waals surface area contributed by atoms with Crippen molar-refractivity contribution in [2.24, 2.45) is 0 Å². The molecule has 4 rings (SSSR count). The van der Waals surface area contributed by atoms with Crippen molar-refractivity contribution >= 4 is 23.2 Å². The molecule has 0 N–H and O–H groups in total. The van der Waals surface area contributed by atoms with Crippen molar-refractivity contribution in [1.82, 2.24) is 4.90 Å². The highest BCUT2D eigenvalue weighted by Crippen LogP contribution is 2.49. The van der Waals surface area contributed by atoms with Crippen LogP contribution in [0, 0.1) is 0 Å². The largest absolute Gasteiger partial charge is 0.480 e.